The van der Waals surface area contributed by atoms with Gasteiger partial charge in [-0.25, -0.2) is 0 Å². The Kier molecular flexibility index (Phi) is 8.81. The summed E-state index contributed by atoms with van der Waals surface area (Å²) in [6, 6.07) is 8.65. The van der Waals surface area contributed by atoms with E-state index in [0.717, 1.165) is 21.3 Å². The van der Waals surface area contributed by atoms with Crippen LogP contribution in [0.15, 0.2) is 40.0 Å². The average molecular weight is 571 g/mol. The fourth-order valence-electron chi connectivity index (χ4n) is 3.04. The van der Waals surface area contributed by atoms with Gasteiger partial charge in [0.15, 0.2) is 5.16 Å². The van der Waals surface area contributed by atoms with Crippen LogP contribution in [0.4, 0.5) is 11.4 Å². The molecule has 0 aliphatic heterocycles. The molecule has 33 heavy (non-hydrogen) atoms. The number of nitrogens with zero attached hydrogens (tertiary/aromatic N) is 3. The first kappa shape index (κ1) is 25.6. The molecule has 0 aliphatic rings. The molecule has 3 rings (SSSR count). The molecule has 2 amide bonds. The summed E-state index contributed by atoms with van der Waals surface area (Å²) in [6.07, 6.45) is 0.0329. The van der Waals surface area contributed by atoms with E-state index in [-0.39, 0.29) is 24.0 Å². The van der Waals surface area contributed by atoms with E-state index in [9.17, 15) is 9.59 Å². The molecule has 0 fully saturated rings. The maximum Gasteiger partial charge on any atom is 0.234 e. The second-order valence-corrected chi connectivity index (χ2v) is 9.79. The minimum atomic E-state index is -0.258. The molecule has 0 saturated carbocycles. The van der Waals surface area contributed by atoms with Crippen LogP contribution in [0, 0.1) is 13.8 Å². The van der Waals surface area contributed by atoms with Crippen molar-refractivity contribution in [1.82, 2.24) is 14.8 Å². The van der Waals surface area contributed by atoms with Gasteiger partial charge in [0.1, 0.15) is 5.82 Å². The van der Waals surface area contributed by atoms with Crippen LogP contribution in [0.1, 0.15) is 23.9 Å². The standard InChI is InChI=1S/C22H22BrCl2N5O2S/c1-4-30-19(10-20(31)26-14-5-7-16(24)17(25)9-14)28-29-22(30)33-11-21(32)27-18-8-6-15(23)12(2)13(18)3/h5-9H,4,10-11H2,1-3H3,(H,26,31)(H,27,32). The van der Waals surface area contributed by atoms with Gasteiger partial charge < -0.3 is 15.2 Å². The van der Waals surface area contributed by atoms with Gasteiger partial charge in [0, 0.05) is 22.4 Å². The lowest BCUT2D eigenvalue weighted by atomic mass is 10.1. The van der Waals surface area contributed by atoms with E-state index in [1.165, 1.54) is 11.8 Å². The highest BCUT2D eigenvalue weighted by Crippen LogP contribution is 2.27. The first-order chi connectivity index (χ1) is 15.7. The van der Waals surface area contributed by atoms with Gasteiger partial charge in [-0.2, -0.15) is 0 Å². The largest absolute Gasteiger partial charge is 0.326 e. The number of benzene rings is 2. The smallest absolute Gasteiger partial charge is 0.234 e. The summed E-state index contributed by atoms with van der Waals surface area (Å²) < 4.78 is 2.82. The number of hydrogen-bond donors (Lipinski definition) is 2. The predicted octanol–water partition coefficient (Wildman–Crippen LogP) is 5.90. The summed E-state index contributed by atoms with van der Waals surface area (Å²) in [5.41, 5.74) is 3.41. The molecule has 0 saturated heterocycles. The van der Waals surface area contributed by atoms with E-state index in [1.807, 2.05) is 37.5 Å². The Morgan fingerprint density at radius 1 is 1.03 bits per heavy atom. The average Bonchev–Trinajstić information content (AvgIpc) is 3.16. The number of anilines is 2. The van der Waals surface area contributed by atoms with Crippen LogP contribution >= 0.6 is 50.9 Å². The third-order valence-corrected chi connectivity index (χ3v) is 7.52. The van der Waals surface area contributed by atoms with Crippen molar-refractivity contribution in [2.75, 3.05) is 16.4 Å². The molecule has 0 bridgehead atoms. The number of amides is 2. The van der Waals surface area contributed by atoms with Crippen molar-refractivity contribution in [2.24, 2.45) is 0 Å². The Bertz CT molecular complexity index is 1200. The van der Waals surface area contributed by atoms with Gasteiger partial charge in [-0.05, 0) is 62.2 Å². The van der Waals surface area contributed by atoms with Gasteiger partial charge >= 0.3 is 0 Å². The Labute approximate surface area is 214 Å². The van der Waals surface area contributed by atoms with E-state index < -0.39 is 0 Å². The van der Waals surface area contributed by atoms with Gasteiger partial charge in [-0.15, -0.1) is 10.2 Å². The van der Waals surface area contributed by atoms with Crippen LogP contribution in [-0.2, 0) is 22.6 Å². The summed E-state index contributed by atoms with van der Waals surface area (Å²) in [5, 5.41) is 15.4. The van der Waals surface area contributed by atoms with Crippen molar-refractivity contribution >= 4 is 74.1 Å². The maximum atomic E-state index is 12.5. The van der Waals surface area contributed by atoms with Crippen molar-refractivity contribution < 1.29 is 9.59 Å². The summed E-state index contributed by atoms with van der Waals surface area (Å²) in [6.45, 7) is 6.46. The van der Waals surface area contributed by atoms with Crippen molar-refractivity contribution in [1.29, 1.82) is 0 Å². The van der Waals surface area contributed by atoms with Crippen molar-refractivity contribution in [3.8, 4) is 0 Å². The minimum Gasteiger partial charge on any atom is -0.326 e. The monoisotopic (exact) mass is 569 g/mol. The van der Waals surface area contributed by atoms with Crippen LogP contribution in [0.5, 0.6) is 0 Å². The van der Waals surface area contributed by atoms with Crippen LogP contribution in [0.25, 0.3) is 0 Å². The van der Waals surface area contributed by atoms with Crippen LogP contribution < -0.4 is 10.6 Å². The van der Waals surface area contributed by atoms with Crippen molar-refractivity contribution in [3.63, 3.8) is 0 Å². The second kappa shape index (κ2) is 11.4. The number of halogens is 3. The maximum absolute atomic E-state index is 12.5. The van der Waals surface area contributed by atoms with Gasteiger partial charge in [-0.3, -0.25) is 9.59 Å². The third kappa shape index (κ3) is 6.50. The lowest BCUT2D eigenvalue weighted by Crippen LogP contribution is -2.18. The normalized spacial score (nSPS) is 10.8. The summed E-state index contributed by atoms with van der Waals surface area (Å²) >= 11 is 16.7. The Balaban J connectivity index is 1.60. The molecular formula is C22H22BrCl2N5O2S. The second-order valence-electron chi connectivity index (χ2n) is 7.18. The number of thioether (sulfide) groups is 1. The zero-order valence-electron chi connectivity index (χ0n) is 18.2. The molecule has 0 aliphatic carbocycles. The summed E-state index contributed by atoms with van der Waals surface area (Å²) in [5.74, 6) is 0.278. The quantitative estimate of drug-likeness (QED) is 0.329. The van der Waals surface area contributed by atoms with E-state index in [1.54, 1.807) is 18.2 Å². The highest BCUT2D eigenvalue weighted by molar-refractivity contribution is 9.10. The lowest BCUT2D eigenvalue weighted by molar-refractivity contribution is -0.116. The topological polar surface area (TPSA) is 88.9 Å². The molecule has 0 atom stereocenters. The third-order valence-electron chi connectivity index (χ3n) is 4.96. The molecule has 1 aromatic heterocycles. The number of nitrogens with one attached hydrogen (secondary N) is 2. The Hall–Kier alpha value is -2.07. The molecule has 0 unspecified atom stereocenters. The number of aromatic nitrogens is 3. The summed E-state index contributed by atoms with van der Waals surface area (Å²) in [7, 11) is 0. The van der Waals surface area contributed by atoms with Gasteiger partial charge in [0.05, 0.1) is 22.2 Å². The molecule has 174 valence electrons. The van der Waals surface area contributed by atoms with Gasteiger partial charge in [-0.1, -0.05) is 50.9 Å². The van der Waals surface area contributed by atoms with Gasteiger partial charge in [0.2, 0.25) is 11.8 Å². The summed E-state index contributed by atoms with van der Waals surface area (Å²) in [4.78, 5) is 25.0. The Morgan fingerprint density at radius 2 is 1.79 bits per heavy atom. The van der Waals surface area contributed by atoms with Crippen LogP contribution in [0.2, 0.25) is 10.0 Å². The molecule has 2 N–H and O–H groups in total. The molecule has 2 aromatic carbocycles. The molecule has 0 spiro atoms. The van der Waals surface area contributed by atoms with E-state index in [2.05, 4.69) is 36.8 Å². The predicted molar refractivity (Wildman–Crippen MR) is 137 cm³/mol. The van der Waals surface area contributed by atoms with Crippen LogP contribution in [-0.4, -0.2) is 32.3 Å². The lowest BCUT2D eigenvalue weighted by Gasteiger charge is -2.12. The van der Waals surface area contributed by atoms with Crippen molar-refractivity contribution in [2.45, 2.75) is 38.9 Å². The van der Waals surface area contributed by atoms with Crippen LogP contribution in [0.3, 0.4) is 0 Å². The molecule has 1 heterocycles. The van der Waals surface area contributed by atoms with E-state index in [4.69, 9.17) is 23.2 Å². The minimum absolute atomic E-state index is 0.0329. The zero-order chi connectivity index (χ0) is 24.1. The zero-order valence-corrected chi connectivity index (χ0v) is 22.1. The molecule has 7 nitrogen and oxygen atoms in total. The fraction of sp³-hybridized carbons (Fsp3) is 0.273. The van der Waals surface area contributed by atoms with E-state index in [0.29, 0.717) is 33.3 Å². The molecule has 3 aromatic rings. The first-order valence-electron chi connectivity index (χ1n) is 10.0. The highest BCUT2D eigenvalue weighted by Gasteiger charge is 2.17. The van der Waals surface area contributed by atoms with E-state index >= 15 is 0 Å². The number of carbonyl (C=O) groups is 2. The number of carbonyl (C=O) groups excluding carboxylic acids is 2. The highest BCUT2D eigenvalue weighted by atomic mass is 79.9. The molecule has 11 heteroatoms. The van der Waals surface area contributed by atoms with Gasteiger partial charge in [0.25, 0.3) is 0 Å². The molecule has 0 radical (unpaired) electrons. The first-order valence-corrected chi connectivity index (χ1v) is 12.6. The SMILES string of the molecule is CCn1c(CC(=O)Nc2ccc(Cl)c(Cl)c2)nnc1SCC(=O)Nc1ccc(Br)c(C)c1C. The number of hydrogen-bond acceptors (Lipinski definition) is 5. The fourth-order valence-corrected chi connectivity index (χ4v) is 4.59. The Morgan fingerprint density at radius 3 is 2.48 bits per heavy atom. The van der Waals surface area contributed by atoms with Crippen molar-refractivity contribution in [3.05, 3.63) is 61.8 Å². The molecular weight excluding hydrogens is 549 g/mol. The number of rotatable bonds is 8.